The molecule has 0 aliphatic carbocycles. The van der Waals surface area contributed by atoms with Gasteiger partial charge in [-0.1, -0.05) is 12.7 Å². The lowest BCUT2D eigenvalue weighted by Gasteiger charge is -1.90. The van der Waals surface area contributed by atoms with Crippen molar-refractivity contribution in [1.82, 2.24) is 5.32 Å². The highest BCUT2D eigenvalue weighted by atomic mass is 16.1. The average molecular weight is 111 g/mol. The van der Waals surface area contributed by atoms with Crippen LogP contribution in [0, 0.1) is 0 Å². The van der Waals surface area contributed by atoms with Gasteiger partial charge in [-0.3, -0.25) is 4.79 Å². The molecule has 0 rings (SSSR count). The molecule has 0 aromatic heterocycles. The van der Waals surface area contributed by atoms with Crippen molar-refractivity contribution in [2.75, 3.05) is 0 Å². The summed E-state index contributed by atoms with van der Waals surface area (Å²) in [6.45, 7) is 6.70. The highest BCUT2D eigenvalue weighted by Crippen LogP contribution is 1.76. The van der Waals surface area contributed by atoms with Gasteiger partial charge in [-0.05, 0) is 6.20 Å². The number of nitrogens with one attached hydrogen (secondary N) is 1. The van der Waals surface area contributed by atoms with Gasteiger partial charge in [0.05, 0.1) is 0 Å². The standard InChI is InChI=1S/C6H9NO/c1-3-5-6(8)7-4-2/h3-4H,1-2,5H2,(H,7,8). The fourth-order valence-corrected chi connectivity index (χ4v) is 0.304. The third-order valence-corrected chi connectivity index (χ3v) is 0.593. The van der Waals surface area contributed by atoms with Gasteiger partial charge in [0.25, 0.3) is 0 Å². The van der Waals surface area contributed by atoms with Crippen molar-refractivity contribution in [3.63, 3.8) is 0 Å². The van der Waals surface area contributed by atoms with Gasteiger partial charge in [-0.2, -0.15) is 0 Å². The van der Waals surface area contributed by atoms with Crippen LogP contribution in [-0.2, 0) is 4.79 Å². The molecule has 0 unspecified atom stereocenters. The first kappa shape index (κ1) is 6.95. The lowest BCUT2D eigenvalue weighted by molar-refractivity contribution is -0.119. The summed E-state index contributed by atoms with van der Waals surface area (Å²) in [5, 5.41) is 2.40. The van der Waals surface area contributed by atoms with Gasteiger partial charge in [0.15, 0.2) is 0 Å². The zero-order chi connectivity index (χ0) is 6.41. The topological polar surface area (TPSA) is 29.1 Å². The number of rotatable bonds is 3. The van der Waals surface area contributed by atoms with E-state index in [1.807, 2.05) is 0 Å². The summed E-state index contributed by atoms with van der Waals surface area (Å²) in [5.74, 6) is -0.0741. The normalized spacial score (nSPS) is 7.50. The van der Waals surface area contributed by atoms with E-state index in [1.165, 1.54) is 6.20 Å². The molecule has 1 N–H and O–H groups in total. The van der Waals surface area contributed by atoms with Crippen LogP contribution in [0.2, 0.25) is 0 Å². The van der Waals surface area contributed by atoms with Gasteiger partial charge in [-0.15, -0.1) is 6.58 Å². The second kappa shape index (κ2) is 4.12. The average Bonchev–Trinajstić information content (AvgIpc) is 1.68. The molecule has 2 nitrogen and oxygen atoms in total. The Labute approximate surface area is 48.9 Å². The summed E-state index contributed by atoms with van der Waals surface area (Å²) in [6, 6.07) is 0. The Balaban J connectivity index is 3.32. The van der Waals surface area contributed by atoms with Gasteiger partial charge in [-0.25, -0.2) is 0 Å². The maximum absolute atomic E-state index is 10.4. The summed E-state index contributed by atoms with van der Waals surface area (Å²) in [7, 11) is 0. The van der Waals surface area contributed by atoms with Crippen LogP contribution in [0.5, 0.6) is 0 Å². The van der Waals surface area contributed by atoms with Crippen LogP contribution in [0.1, 0.15) is 6.42 Å². The summed E-state index contributed by atoms with van der Waals surface area (Å²) in [5.41, 5.74) is 0. The molecule has 8 heavy (non-hydrogen) atoms. The zero-order valence-electron chi connectivity index (χ0n) is 4.68. The molecule has 0 saturated heterocycles. The molecule has 0 spiro atoms. The van der Waals surface area contributed by atoms with E-state index in [0.29, 0.717) is 6.42 Å². The smallest absolute Gasteiger partial charge is 0.227 e. The first-order chi connectivity index (χ1) is 3.81. The second-order valence-electron chi connectivity index (χ2n) is 1.26. The third kappa shape index (κ3) is 3.15. The van der Waals surface area contributed by atoms with Crippen molar-refractivity contribution in [1.29, 1.82) is 0 Å². The maximum atomic E-state index is 10.4. The lowest BCUT2D eigenvalue weighted by atomic mass is 10.4. The predicted molar refractivity (Wildman–Crippen MR) is 33.2 cm³/mol. The van der Waals surface area contributed by atoms with Crippen molar-refractivity contribution in [2.24, 2.45) is 0 Å². The Hall–Kier alpha value is -1.05. The van der Waals surface area contributed by atoms with E-state index >= 15 is 0 Å². The number of hydrogen-bond donors (Lipinski definition) is 1. The van der Waals surface area contributed by atoms with Gasteiger partial charge >= 0.3 is 0 Å². The van der Waals surface area contributed by atoms with E-state index in [2.05, 4.69) is 18.5 Å². The minimum absolute atomic E-state index is 0.0741. The molecule has 0 bridgehead atoms. The first-order valence-corrected chi connectivity index (χ1v) is 2.32. The second-order valence-corrected chi connectivity index (χ2v) is 1.26. The SMILES string of the molecule is C=CCC(=O)NC=C. The molecule has 0 saturated carbocycles. The maximum Gasteiger partial charge on any atom is 0.227 e. The number of amides is 1. The summed E-state index contributed by atoms with van der Waals surface area (Å²) in [6.07, 6.45) is 3.25. The molecule has 0 heterocycles. The Morgan fingerprint density at radius 3 is 2.62 bits per heavy atom. The summed E-state index contributed by atoms with van der Waals surface area (Å²) < 4.78 is 0. The van der Waals surface area contributed by atoms with Gasteiger partial charge in [0.2, 0.25) is 5.91 Å². The highest BCUT2D eigenvalue weighted by molar-refractivity contribution is 5.78. The predicted octanol–water partition coefficient (Wildman–Crippen LogP) is 0.822. The minimum atomic E-state index is -0.0741. The van der Waals surface area contributed by atoms with E-state index in [4.69, 9.17) is 0 Å². The first-order valence-electron chi connectivity index (χ1n) is 2.32. The molecule has 0 fully saturated rings. The van der Waals surface area contributed by atoms with Crippen molar-refractivity contribution >= 4 is 5.91 Å². The van der Waals surface area contributed by atoms with E-state index in [0.717, 1.165) is 0 Å². The quantitative estimate of drug-likeness (QED) is 0.537. The Bertz CT molecular complexity index is 95.1. The molecule has 0 atom stereocenters. The van der Waals surface area contributed by atoms with Crippen LogP contribution in [0.15, 0.2) is 25.4 Å². The molecule has 0 radical (unpaired) electrons. The van der Waals surface area contributed by atoms with Crippen LogP contribution in [0.25, 0.3) is 0 Å². The summed E-state index contributed by atoms with van der Waals surface area (Å²) >= 11 is 0. The molecular weight excluding hydrogens is 102 g/mol. The molecule has 44 valence electrons. The largest absolute Gasteiger partial charge is 0.333 e. The van der Waals surface area contributed by atoms with Gasteiger partial charge < -0.3 is 5.32 Å². The van der Waals surface area contributed by atoms with Gasteiger partial charge in [0.1, 0.15) is 0 Å². The van der Waals surface area contributed by atoms with Gasteiger partial charge in [0, 0.05) is 6.42 Å². The Morgan fingerprint density at radius 2 is 2.25 bits per heavy atom. The zero-order valence-corrected chi connectivity index (χ0v) is 4.68. The monoisotopic (exact) mass is 111 g/mol. The Kier molecular flexibility index (Phi) is 3.58. The van der Waals surface area contributed by atoms with E-state index in [9.17, 15) is 4.79 Å². The molecule has 0 aromatic rings. The van der Waals surface area contributed by atoms with Crippen molar-refractivity contribution < 1.29 is 4.79 Å². The molecule has 1 amide bonds. The minimum Gasteiger partial charge on any atom is -0.333 e. The van der Waals surface area contributed by atoms with Crippen molar-refractivity contribution in [2.45, 2.75) is 6.42 Å². The van der Waals surface area contributed by atoms with Crippen LogP contribution in [0.3, 0.4) is 0 Å². The molecule has 0 aliphatic heterocycles. The van der Waals surface area contributed by atoms with Crippen LogP contribution < -0.4 is 5.32 Å². The molecule has 2 heteroatoms. The van der Waals surface area contributed by atoms with E-state index in [-0.39, 0.29) is 5.91 Å². The Morgan fingerprint density at radius 1 is 1.62 bits per heavy atom. The fraction of sp³-hybridized carbons (Fsp3) is 0.167. The van der Waals surface area contributed by atoms with Crippen molar-refractivity contribution in [3.05, 3.63) is 25.4 Å². The lowest BCUT2D eigenvalue weighted by Crippen LogP contribution is -2.14. The van der Waals surface area contributed by atoms with Crippen LogP contribution in [-0.4, -0.2) is 5.91 Å². The van der Waals surface area contributed by atoms with Crippen LogP contribution in [0.4, 0.5) is 0 Å². The fourth-order valence-electron chi connectivity index (χ4n) is 0.304. The third-order valence-electron chi connectivity index (χ3n) is 0.593. The molecular formula is C6H9NO. The number of carbonyl (C=O) groups is 1. The van der Waals surface area contributed by atoms with E-state index < -0.39 is 0 Å². The number of carbonyl (C=O) groups excluding carboxylic acids is 1. The summed E-state index contributed by atoms with van der Waals surface area (Å²) in [4.78, 5) is 10.4. The van der Waals surface area contributed by atoms with E-state index in [1.54, 1.807) is 6.08 Å². The molecule has 0 aromatic carbocycles. The molecule has 0 aliphatic rings. The van der Waals surface area contributed by atoms with Crippen molar-refractivity contribution in [3.8, 4) is 0 Å². The number of hydrogen-bond acceptors (Lipinski definition) is 1. The van der Waals surface area contributed by atoms with Crippen LogP contribution >= 0.6 is 0 Å². The highest BCUT2D eigenvalue weighted by Gasteiger charge is 1.88.